The quantitative estimate of drug-likeness (QED) is 0.580. The Kier molecular flexibility index (Phi) is 4.69. The summed E-state index contributed by atoms with van der Waals surface area (Å²) in [5.74, 6) is 1.62. The van der Waals surface area contributed by atoms with Crippen LogP contribution in [-0.4, -0.2) is 27.4 Å². The number of rotatable bonds is 6. The van der Waals surface area contributed by atoms with Gasteiger partial charge in [0.15, 0.2) is 0 Å². The van der Waals surface area contributed by atoms with Crippen molar-refractivity contribution >= 4 is 51.1 Å². The molecule has 6 heteroatoms. The van der Waals surface area contributed by atoms with Gasteiger partial charge >= 0.3 is 0 Å². The van der Waals surface area contributed by atoms with Crippen LogP contribution in [0.2, 0.25) is 0 Å². The molecule has 4 nitrogen and oxygen atoms in total. The van der Waals surface area contributed by atoms with Gasteiger partial charge in [-0.05, 0) is 53.6 Å². The number of nitrogens with zero attached hydrogens (tertiary/aromatic N) is 2. The van der Waals surface area contributed by atoms with Crippen LogP contribution in [0.4, 0.5) is 0 Å². The first kappa shape index (κ1) is 15.1. The molecule has 112 valence electrons. The maximum atomic E-state index is 11.9. The number of halogens is 2. The van der Waals surface area contributed by atoms with Crippen molar-refractivity contribution in [3.63, 3.8) is 0 Å². The third-order valence-corrected chi connectivity index (χ3v) is 4.47. The van der Waals surface area contributed by atoms with E-state index < -0.39 is 0 Å². The second kappa shape index (κ2) is 6.52. The summed E-state index contributed by atoms with van der Waals surface area (Å²) in [7, 11) is 0. The Morgan fingerprint density at radius 2 is 2.29 bits per heavy atom. The predicted molar refractivity (Wildman–Crippen MR) is 92.7 cm³/mol. The number of carbonyl (C=O) groups excluding carboxylic acids is 1. The molecule has 2 aromatic rings. The number of imidazole rings is 1. The summed E-state index contributed by atoms with van der Waals surface area (Å²) < 4.78 is 3.29. The van der Waals surface area contributed by atoms with Crippen LogP contribution in [0, 0.1) is 3.57 Å². The van der Waals surface area contributed by atoms with Crippen molar-refractivity contribution in [1.29, 1.82) is 0 Å². The number of alkyl halides is 1. The van der Waals surface area contributed by atoms with Gasteiger partial charge in [0.05, 0.1) is 11.0 Å². The monoisotopic (exact) mass is 417 g/mol. The highest BCUT2D eigenvalue weighted by Gasteiger charge is 2.23. The SMILES string of the molecule is O=C(CCn1c(CCCl)nc2cc(I)ccc21)NC1CC1. The summed E-state index contributed by atoms with van der Waals surface area (Å²) in [5, 5.41) is 3.02. The highest BCUT2D eigenvalue weighted by Crippen LogP contribution is 2.21. The lowest BCUT2D eigenvalue weighted by Gasteiger charge is -2.09. The van der Waals surface area contributed by atoms with Crippen LogP contribution in [-0.2, 0) is 17.8 Å². The summed E-state index contributed by atoms with van der Waals surface area (Å²) >= 11 is 8.16. The third kappa shape index (κ3) is 3.69. The molecule has 1 aromatic heterocycles. The molecule has 0 unspecified atom stereocenters. The van der Waals surface area contributed by atoms with E-state index in [4.69, 9.17) is 11.6 Å². The zero-order chi connectivity index (χ0) is 14.8. The summed E-state index contributed by atoms with van der Waals surface area (Å²) in [4.78, 5) is 16.5. The maximum Gasteiger partial charge on any atom is 0.222 e. The van der Waals surface area contributed by atoms with Gasteiger partial charge in [-0.15, -0.1) is 11.6 Å². The van der Waals surface area contributed by atoms with Gasteiger partial charge < -0.3 is 9.88 Å². The number of aromatic nitrogens is 2. The van der Waals surface area contributed by atoms with Crippen LogP contribution >= 0.6 is 34.2 Å². The zero-order valence-electron chi connectivity index (χ0n) is 11.6. The minimum atomic E-state index is 0.127. The van der Waals surface area contributed by atoms with E-state index in [1.807, 2.05) is 0 Å². The third-order valence-electron chi connectivity index (χ3n) is 3.61. The maximum absolute atomic E-state index is 11.9. The molecular weight excluding hydrogens is 401 g/mol. The molecule has 0 atom stereocenters. The molecule has 1 aliphatic carbocycles. The zero-order valence-corrected chi connectivity index (χ0v) is 14.5. The average Bonchev–Trinajstić information content (AvgIpc) is 3.18. The molecule has 1 aliphatic rings. The molecule has 0 aliphatic heterocycles. The van der Waals surface area contributed by atoms with E-state index in [1.165, 1.54) is 0 Å². The first-order chi connectivity index (χ1) is 10.2. The molecule has 1 N–H and O–H groups in total. The molecule has 1 amide bonds. The molecule has 0 bridgehead atoms. The van der Waals surface area contributed by atoms with Crippen molar-refractivity contribution in [1.82, 2.24) is 14.9 Å². The summed E-state index contributed by atoms with van der Waals surface area (Å²) in [5.41, 5.74) is 2.05. The summed E-state index contributed by atoms with van der Waals surface area (Å²) in [6, 6.07) is 6.62. The van der Waals surface area contributed by atoms with Gasteiger partial charge in [0, 0.05) is 34.9 Å². The molecule has 1 fully saturated rings. The Morgan fingerprint density at radius 1 is 1.48 bits per heavy atom. The second-order valence-electron chi connectivity index (χ2n) is 5.34. The number of nitrogens with one attached hydrogen (secondary N) is 1. The van der Waals surface area contributed by atoms with Crippen molar-refractivity contribution in [2.75, 3.05) is 5.88 Å². The van der Waals surface area contributed by atoms with Gasteiger partial charge in [-0.2, -0.15) is 0 Å². The first-order valence-corrected chi connectivity index (χ1v) is 8.78. The van der Waals surface area contributed by atoms with E-state index in [0.29, 0.717) is 24.9 Å². The number of carbonyl (C=O) groups is 1. The van der Waals surface area contributed by atoms with E-state index in [-0.39, 0.29) is 5.91 Å². The standard InChI is InChI=1S/C15H17ClIN3O/c16-7-5-14-19-12-9-10(17)1-4-13(12)20(14)8-6-15(21)18-11-2-3-11/h1,4,9,11H,2-3,5-8H2,(H,18,21). The average molecular weight is 418 g/mol. The number of fused-ring (bicyclic) bond motifs is 1. The molecule has 0 radical (unpaired) electrons. The number of hydrogen-bond acceptors (Lipinski definition) is 2. The van der Waals surface area contributed by atoms with Crippen LogP contribution in [0.15, 0.2) is 18.2 Å². The Balaban J connectivity index is 1.80. The fourth-order valence-corrected chi connectivity index (χ4v) is 3.06. The van der Waals surface area contributed by atoms with Gasteiger partial charge in [0.1, 0.15) is 5.82 Å². The van der Waals surface area contributed by atoms with Crippen molar-refractivity contribution in [2.45, 2.75) is 38.3 Å². The molecular formula is C15H17ClIN3O. The van der Waals surface area contributed by atoms with E-state index in [2.05, 4.69) is 55.7 Å². The smallest absolute Gasteiger partial charge is 0.222 e. The first-order valence-electron chi connectivity index (χ1n) is 7.17. The fraction of sp³-hybridized carbons (Fsp3) is 0.467. The lowest BCUT2D eigenvalue weighted by Crippen LogP contribution is -2.26. The lowest BCUT2D eigenvalue weighted by molar-refractivity contribution is -0.121. The van der Waals surface area contributed by atoms with Gasteiger partial charge in [0.25, 0.3) is 0 Å². The van der Waals surface area contributed by atoms with Gasteiger partial charge in [-0.25, -0.2) is 4.98 Å². The molecule has 1 heterocycles. The number of hydrogen-bond donors (Lipinski definition) is 1. The minimum Gasteiger partial charge on any atom is -0.353 e. The highest BCUT2D eigenvalue weighted by molar-refractivity contribution is 14.1. The molecule has 3 rings (SSSR count). The van der Waals surface area contributed by atoms with Crippen molar-refractivity contribution in [2.24, 2.45) is 0 Å². The number of amides is 1. The topological polar surface area (TPSA) is 46.9 Å². The van der Waals surface area contributed by atoms with E-state index in [0.717, 1.165) is 39.7 Å². The largest absolute Gasteiger partial charge is 0.353 e. The fourth-order valence-electron chi connectivity index (χ4n) is 2.42. The molecule has 1 aromatic carbocycles. The lowest BCUT2D eigenvalue weighted by atomic mass is 10.3. The van der Waals surface area contributed by atoms with Crippen LogP contribution in [0.25, 0.3) is 11.0 Å². The Morgan fingerprint density at radius 3 is 3.00 bits per heavy atom. The number of benzene rings is 1. The van der Waals surface area contributed by atoms with Crippen molar-refractivity contribution in [3.8, 4) is 0 Å². The van der Waals surface area contributed by atoms with Crippen molar-refractivity contribution < 1.29 is 4.79 Å². The molecule has 0 saturated heterocycles. The minimum absolute atomic E-state index is 0.127. The van der Waals surface area contributed by atoms with Gasteiger partial charge in [-0.1, -0.05) is 0 Å². The van der Waals surface area contributed by atoms with E-state index in [1.54, 1.807) is 0 Å². The van der Waals surface area contributed by atoms with Gasteiger partial charge in [-0.3, -0.25) is 4.79 Å². The summed E-state index contributed by atoms with van der Waals surface area (Å²) in [6.45, 7) is 0.655. The van der Waals surface area contributed by atoms with Gasteiger partial charge in [0.2, 0.25) is 5.91 Å². The highest BCUT2D eigenvalue weighted by atomic mass is 127. The van der Waals surface area contributed by atoms with E-state index in [9.17, 15) is 4.79 Å². The number of aryl methyl sites for hydroxylation is 2. The normalized spacial score (nSPS) is 14.6. The van der Waals surface area contributed by atoms with Crippen LogP contribution in [0.3, 0.4) is 0 Å². The van der Waals surface area contributed by atoms with Crippen LogP contribution in [0.5, 0.6) is 0 Å². The summed E-state index contributed by atoms with van der Waals surface area (Å²) in [6.07, 6.45) is 3.45. The molecule has 1 saturated carbocycles. The van der Waals surface area contributed by atoms with Crippen LogP contribution < -0.4 is 5.32 Å². The van der Waals surface area contributed by atoms with Crippen molar-refractivity contribution in [3.05, 3.63) is 27.6 Å². The molecule has 21 heavy (non-hydrogen) atoms. The van der Waals surface area contributed by atoms with E-state index >= 15 is 0 Å². The Bertz CT molecular complexity index is 666. The predicted octanol–water partition coefficient (Wildman–Crippen LogP) is 3.09. The Hall–Kier alpha value is -0.820. The molecule has 0 spiro atoms. The Labute approximate surface area is 142 Å². The van der Waals surface area contributed by atoms with Crippen LogP contribution in [0.1, 0.15) is 25.1 Å². The second-order valence-corrected chi connectivity index (χ2v) is 6.97.